The molecule has 2 aromatic rings. The molecular formula is C17H21ClN2O2. The van der Waals surface area contributed by atoms with E-state index in [1.165, 1.54) is 0 Å². The minimum Gasteiger partial charge on any atom is -0.445 e. The monoisotopic (exact) mass is 320 g/mol. The quantitative estimate of drug-likeness (QED) is 0.850. The van der Waals surface area contributed by atoms with Crippen molar-refractivity contribution in [3.05, 3.63) is 66.2 Å². The van der Waals surface area contributed by atoms with Crippen LogP contribution in [0.4, 0.5) is 10.5 Å². The van der Waals surface area contributed by atoms with Crippen LogP contribution in [-0.2, 0) is 11.3 Å². The average Bonchev–Trinajstić information content (AvgIpc) is 2.53. The SMILES string of the molecule is CC(CNc1ccccc1)NC(=O)OCc1ccccc1.Cl. The Kier molecular flexibility index (Phi) is 7.86. The summed E-state index contributed by atoms with van der Waals surface area (Å²) in [6.45, 7) is 2.86. The van der Waals surface area contributed by atoms with Gasteiger partial charge in [0.15, 0.2) is 0 Å². The fourth-order valence-corrected chi connectivity index (χ4v) is 1.84. The lowest BCUT2D eigenvalue weighted by Crippen LogP contribution is -2.37. The fourth-order valence-electron chi connectivity index (χ4n) is 1.84. The third-order valence-electron chi connectivity index (χ3n) is 2.96. The minimum atomic E-state index is -0.402. The molecule has 0 bridgehead atoms. The maximum absolute atomic E-state index is 11.7. The molecule has 5 heteroatoms. The minimum absolute atomic E-state index is 0. The van der Waals surface area contributed by atoms with Crippen molar-refractivity contribution in [2.45, 2.75) is 19.6 Å². The summed E-state index contributed by atoms with van der Waals surface area (Å²) in [6, 6.07) is 19.5. The van der Waals surface area contributed by atoms with Gasteiger partial charge >= 0.3 is 6.09 Å². The topological polar surface area (TPSA) is 50.4 Å². The standard InChI is InChI=1S/C17H20N2O2.ClH/c1-14(12-18-16-10-6-3-7-11-16)19-17(20)21-13-15-8-4-2-5-9-15;/h2-11,14,18H,12-13H2,1H3,(H,19,20);1H. The van der Waals surface area contributed by atoms with E-state index in [0.717, 1.165) is 11.3 Å². The molecule has 0 aliphatic rings. The molecule has 2 rings (SSSR count). The molecule has 2 N–H and O–H groups in total. The second-order valence-electron chi connectivity index (χ2n) is 4.85. The second-order valence-corrected chi connectivity index (χ2v) is 4.85. The van der Waals surface area contributed by atoms with Crippen LogP contribution in [0.1, 0.15) is 12.5 Å². The van der Waals surface area contributed by atoms with Crippen LogP contribution in [0, 0.1) is 0 Å². The van der Waals surface area contributed by atoms with Gasteiger partial charge in [0.1, 0.15) is 6.61 Å². The Balaban J connectivity index is 0.00000242. The number of halogens is 1. The summed E-state index contributed by atoms with van der Waals surface area (Å²) in [4.78, 5) is 11.7. The highest BCUT2D eigenvalue weighted by atomic mass is 35.5. The number of benzene rings is 2. The largest absolute Gasteiger partial charge is 0.445 e. The fraction of sp³-hybridized carbons (Fsp3) is 0.235. The Hall–Kier alpha value is -2.20. The molecule has 0 saturated carbocycles. The van der Waals surface area contributed by atoms with Crippen molar-refractivity contribution < 1.29 is 9.53 Å². The van der Waals surface area contributed by atoms with Gasteiger partial charge in [-0.3, -0.25) is 0 Å². The van der Waals surface area contributed by atoms with Gasteiger partial charge in [-0.2, -0.15) is 0 Å². The number of para-hydroxylation sites is 1. The van der Waals surface area contributed by atoms with Gasteiger partial charge < -0.3 is 15.4 Å². The van der Waals surface area contributed by atoms with Crippen molar-refractivity contribution in [2.24, 2.45) is 0 Å². The molecule has 2 aromatic carbocycles. The molecule has 22 heavy (non-hydrogen) atoms. The number of anilines is 1. The van der Waals surface area contributed by atoms with Gasteiger partial charge in [0.05, 0.1) is 0 Å². The molecular weight excluding hydrogens is 300 g/mol. The van der Waals surface area contributed by atoms with Crippen LogP contribution in [0.3, 0.4) is 0 Å². The molecule has 0 aliphatic heterocycles. The zero-order valence-electron chi connectivity index (χ0n) is 12.5. The van der Waals surface area contributed by atoms with Crippen molar-refractivity contribution in [2.75, 3.05) is 11.9 Å². The number of rotatable bonds is 6. The Morgan fingerprint density at radius 1 is 1.05 bits per heavy atom. The smallest absolute Gasteiger partial charge is 0.407 e. The first-order valence-electron chi connectivity index (χ1n) is 7.00. The van der Waals surface area contributed by atoms with E-state index in [0.29, 0.717) is 6.54 Å². The molecule has 1 unspecified atom stereocenters. The summed E-state index contributed by atoms with van der Waals surface area (Å²) < 4.78 is 5.17. The highest BCUT2D eigenvalue weighted by Gasteiger charge is 2.08. The molecule has 1 amide bonds. The first-order chi connectivity index (χ1) is 10.2. The second kappa shape index (κ2) is 9.68. The number of amides is 1. The number of ether oxygens (including phenoxy) is 1. The summed E-state index contributed by atoms with van der Waals surface area (Å²) in [6.07, 6.45) is -0.402. The van der Waals surface area contributed by atoms with Crippen LogP contribution in [0.2, 0.25) is 0 Å². The van der Waals surface area contributed by atoms with Crippen LogP contribution < -0.4 is 10.6 Å². The van der Waals surface area contributed by atoms with Crippen LogP contribution in [-0.4, -0.2) is 18.7 Å². The van der Waals surface area contributed by atoms with Gasteiger partial charge in [0.2, 0.25) is 0 Å². The van der Waals surface area contributed by atoms with Crippen LogP contribution in [0.15, 0.2) is 60.7 Å². The number of carbonyl (C=O) groups is 1. The summed E-state index contributed by atoms with van der Waals surface area (Å²) in [5.41, 5.74) is 2.01. The Labute approximate surface area is 137 Å². The number of carbonyl (C=O) groups excluding carboxylic acids is 1. The molecule has 0 aromatic heterocycles. The zero-order valence-corrected chi connectivity index (χ0v) is 13.3. The Morgan fingerprint density at radius 2 is 1.64 bits per heavy atom. The van der Waals surface area contributed by atoms with Gasteiger partial charge in [0, 0.05) is 18.3 Å². The van der Waals surface area contributed by atoms with Gasteiger partial charge in [0.25, 0.3) is 0 Å². The first kappa shape index (κ1) is 17.9. The summed E-state index contributed by atoms with van der Waals surface area (Å²) in [7, 11) is 0. The highest BCUT2D eigenvalue weighted by molar-refractivity contribution is 5.85. The molecule has 4 nitrogen and oxygen atoms in total. The van der Waals surface area contributed by atoms with Crippen LogP contribution in [0.5, 0.6) is 0 Å². The molecule has 0 heterocycles. The lowest BCUT2D eigenvalue weighted by atomic mass is 10.2. The predicted molar refractivity (Wildman–Crippen MR) is 91.4 cm³/mol. The van der Waals surface area contributed by atoms with E-state index in [1.807, 2.05) is 67.6 Å². The van der Waals surface area contributed by atoms with Gasteiger partial charge in [-0.25, -0.2) is 4.79 Å². The molecule has 0 fully saturated rings. The lowest BCUT2D eigenvalue weighted by Gasteiger charge is -2.15. The predicted octanol–water partition coefficient (Wildman–Crippen LogP) is 3.84. The Bertz CT molecular complexity index is 549. The maximum Gasteiger partial charge on any atom is 0.407 e. The van der Waals surface area contributed by atoms with Crippen LogP contribution in [0.25, 0.3) is 0 Å². The lowest BCUT2D eigenvalue weighted by molar-refractivity contribution is 0.137. The van der Waals surface area contributed by atoms with Crippen LogP contribution >= 0.6 is 12.4 Å². The van der Waals surface area contributed by atoms with Gasteiger partial charge in [-0.1, -0.05) is 48.5 Å². The van der Waals surface area contributed by atoms with Crippen molar-refractivity contribution >= 4 is 24.2 Å². The van der Waals surface area contributed by atoms with Crippen molar-refractivity contribution in [3.8, 4) is 0 Å². The van der Waals surface area contributed by atoms with E-state index in [-0.39, 0.29) is 25.1 Å². The first-order valence-corrected chi connectivity index (χ1v) is 7.00. The zero-order chi connectivity index (χ0) is 14.9. The summed E-state index contributed by atoms with van der Waals surface area (Å²) >= 11 is 0. The van der Waals surface area contributed by atoms with E-state index >= 15 is 0 Å². The normalized spacial score (nSPS) is 11.0. The average molecular weight is 321 g/mol. The van der Waals surface area contributed by atoms with E-state index in [1.54, 1.807) is 0 Å². The third-order valence-corrected chi connectivity index (χ3v) is 2.96. The van der Waals surface area contributed by atoms with Gasteiger partial charge in [-0.05, 0) is 24.6 Å². The third kappa shape index (κ3) is 6.50. The molecule has 0 aliphatic carbocycles. The molecule has 0 radical (unpaired) electrons. The molecule has 118 valence electrons. The summed E-state index contributed by atoms with van der Waals surface area (Å²) in [5.74, 6) is 0. The van der Waals surface area contributed by atoms with Gasteiger partial charge in [-0.15, -0.1) is 12.4 Å². The number of hydrogen-bond acceptors (Lipinski definition) is 3. The molecule has 1 atom stereocenters. The summed E-state index contributed by atoms with van der Waals surface area (Å²) in [5, 5.41) is 6.05. The van der Waals surface area contributed by atoms with E-state index < -0.39 is 6.09 Å². The van der Waals surface area contributed by atoms with E-state index in [9.17, 15) is 4.79 Å². The highest BCUT2D eigenvalue weighted by Crippen LogP contribution is 2.05. The maximum atomic E-state index is 11.7. The number of hydrogen-bond donors (Lipinski definition) is 2. The van der Waals surface area contributed by atoms with E-state index in [4.69, 9.17) is 4.74 Å². The van der Waals surface area contributed by atoms with E-state index in [2.05, 4.69) is 10.6 Å². The number of nitrogens with one attached hydrogen (secondary N) is 2. The van der Waals surface area contributed by atoms with Crippen molar-refractivity contribution in [1.82, 2.24) is 5.32 Å². The molecule has 0 saturated heterocycles. The molecule has 0 spiro atoms. The Morgan fingerprint density at radius 3 is 2.27 bits per heavy atom. The van der Waals surface area contributed by atoms with Crippen molar-refractivity contribution in [1.29, 1.82) is 0 Å². The number of alkyl carbamates (subject to hydrolysis) is 1. The van der Waals surface area contributed by atoms with Crippen molar-refractivity contribution in [3.63, 3.8) is 0 Å².